The maximum Gasteiger partial charge on any atom is 0.375 e. The molecule has 0 aliphatic heterocycles. The lowest BCUT2D eigenvalue weighted by Gasteiger charge is -2.16. The Balaban J connectivity index is 1.70. The van der Waals surface area contributed by atoms with Crippen molar-refractivity contribution in [2.75, 3.05) is 13.2 Å². The van der Waals surface area contributed by atoms with Gasteiger partial charge in [0, 0.05) is 0 Å². The van der Waals surface area contributed by atoms with Gasteiger partial charge in [0.05, 0.1) is 13.2 Å². The Kier molecular flexibility index (Phi) is 5.85. The van der Waals surface area contributed by atoms with Crippen molar-refractivity contribution in [3.63, 3.8) is 0 Å². The molecule has 5 nitrogen and oxygen atoms in total. The van der Waals surface area contributed by atoms with Crippen LogP contribution in [0.3, 0.4) is 0 Å². The normalized spacial score (nSPS) is 12.3. The van der Waals surface area contributed by atoms with Gasteiger partial charge >= 0.3 is 11.9 Å². The molecule has 0 radical (unpaired) electrons. The summed E-state index contributed by atoms with van der Waals surface area (Å²) in [6, 6.07) is 18.8. The second kappa shape index (κ2) is 8.72. The van der Waals surface area contributed by atoms with E-state index in [1.165, 1.54) is 21.5 Å². The molecule has 0 aliphatic rings. The molecule has 4 rings (SSSR count). The van der Waals surface area contributed by atoms with Gasteiger partial charge in [0.2, 0.25) is 0 Å². The van der Waals surface area contributed by atoms with Crippen LogP contribution in [-0.4, -0.2) is 30.9 Å². The van der Waals surface area contributed by atoms with Crippen LogP contribution >= 0.6 is 0 Å². The van der Waals surface area contributed by atoms with Crippen LogP contribution in [0.4, 0.5) is 0 Å². The Bertz CT molecular complexity index is 1260. The lowest BCUT2D eigenvalue weighted by molar-refractivity contribution is -0.162. The van der Waals surface area contributed by atoms with Gasteiger partial charge in [-0.3, -0.25) is 9.59 Å². The highest BCUT2D eigenvalue weighted by Gasteiger charge is 2.33. The summed E-state index contributed by atoms with van der Waals surface area (Å²) < 4.78 is 9.87. The number of hydrogen-bond donors (Lipinski definition) is 0. The second-order valence-corrected chi connectivity index (χ2v) is 7.51. The van der Waals surface area contributed by atoms with Gasteiger partial charge in [0.1, 0.15) is 5.92 Å². The Hall–Kier alpha value is -3.47. The van der Waals surface area contributed by atoms with Crippen LogP contribution in [-0.2, 0) is 30.3 Å². The SMILES string of the molecule is CCOC(=O)C(=O)C(CCc1ccc2ccc3cccc4ccc1c2c34)C(=O)OCC. The van der Waals surface area contributed by atoms with Gasteiger partial charge < -0.3 is 9.47 Å². The van der Waals surface area contributed by atoms with Crippen LogP contribution in [0.25, 0.3) is 32.3 Å². The van der Waals surface area contributed by atoms with Crippen LogP contribution in [0.2, 0.25) is 0 Å². The summed E-state index contributed by atoms with van der Waals surface area (Å²) in [7, 11) is 0. The minimum atomic E-state index is -1.17. The third-order valence-electron chi connectivity index (χ3n) is 5.69. The molecule has 0 N–H and O–H groups in total. The summed E-state index contributed by atoms with van der Waals surface area (Å²) in [5.74, 6) is -3.69. The predicted molar refractivity (Wildman–Crippen MR) is 120 cm³/mol. The van der Waals surface area contributed by atoms with Gasteiger partial charge in [-0.2, -0.15) is 0 Å². The molecular formula is C26H24O5. The number of esters is 2. The molecule has 0 heterocycles. The molecule has 0 aliphatic carbocycles. The third-order valence-corrected chi connectivity index (χ3v) is 5.69. The van der Waals surface area contributed by atoms with Crippen molar-refractivity contribution in [2.24, 2.45) is 5.92 Å². The summed E-state index contributed by atoms with van der Waals surface area (Å²) in [6.07, 6.45) is 0.642. The number of benzene rings is 4. The molecule has 0 fully saturated rings. The van der Waals surface area contributed by atoms with Gasteiger partial charge in [-0.15, -0.1) is 0 Å². The molecule has 0 saturated heterocycles. The van der Waals surface area contributed by atoms with Crippen molar-refractivity contribution in [1.29, 1.82) is 0 Å². The first-order valence-corrected chi connectivity index (χ1v) is 10.6. The number of carbonyl (C=O) groups is 3. The van der Waals surface area contributed by atoms with Crippen LogP contribution in [0, 0.1) is 5.92 Å². The standard InChI is InChI=1S/C26H24O5/c1-3-30-25(28)21(24(27)26(29)31-4-2)15-12-16-8-9-19-11-10-17-6-5-7-18-13-14-20(16)23(19)22(17)18/h5-11,13-14,21H,3-4,12,15H2,1-2H3. The van der Waals surface area contributed by atoms with Crippen molar-refractivity contribution in [3.05, 3.63) is 60.2 Å². The van der Waals surface area contributed by atoms with E-state index >= 15 is 0 Å². The quantitative estimate of drug-likeness (QED) is 0.178. The van der Waals surface area contributed by atoms with E-state index in [4.69, 9.17) is 9.47 Å². The van der Waals surface area contributed by atoms with E-state index in [2.05, 4.69) is 42.5 Å². The highest BCUT2D eigenvalue weighted by molar-refractivity contribution is 6.37. The predicted octanol–water partition coefficient (Wildman–Crippen LogP) is 4.83. The van der Waals surface area contributed by atoms with E-state index in [0.29, 0.717) is 6.42 Å². The molecule has 158 valence electrons. The molecule has 1 unspecified atom stereocenters. The fourth-order valence-corrected chi connectivity index (χ4v) is 4.26. The minimum absolute atomic E-state index is 0.0785. The molecule has 0 bridgehead atoms. The Morgan fingerprint density at radius 2 is 1.39 bits per heavy atom. The lowest BCUT2D eigenvalue weighted by atomic mass is 9.89. The van der Waals surface area contributed by atoms with Crippen LogP contribution in [0.15, 0.2) is 54.6 Å². The van der Waals surface area contributed by atoms with Crippen molar-refractivity contribution < 1.29 is 23.9 Å². The zero-order valence-corrected chi connectivity index (χ0v) is 17.6. The molecule has 4 aromatic carbocycles. The first kappa shape index (κ1) is 20.8. The Morgan fingerprint density at radius 3 is 2.06 bits per heavy atom. The number of aryl methyl sites for hydroxylation is 1. The van der Waals surface area contributed by atoms with Crippen LogP contribution in [0.1, 0.15) is 25.8 Å². The number of carbonyl (C=O) groups excluding carboxylic acids is 3. The number of hydrogen-bond acceptors (Lipinski definition) is 5. The van der Waals surface area contributed by atoms with Gasteiger partial charge in [0.15, 0.2) is 0 Å². The van der Waals surface area contributed by atoms with E-state index in [0.717, 1.165) is 16.3 Å². The van der Waals surface area contributed by atoms with Gasteiger partial charge in [0.25, 0.3) is 5.78 Å². The van der Waals surface area contributed by atoms with Crippen molar-refractivity contribution in [2.45, 2.75) is 26.7 Å². The largest absolute Gasteiger partial charge is 0.465 e. The fraction of sp³-hybridized carbons (Fsp3) is 0.269. The first-order chi connectivity index (χ1) is 15.0. The molecule has 0 aromatic heterocycles. The van der Waals surface area contributed by atoms with Gasteiger partial charge in [-0.1, -0.05) is 54.6 Å². The van der Waals surface area contributed by atoms with E-state index in [1.54, 1.807) is 13.8 Å². The molecule has 31 heavy (non-hydrogen) atoms. The summed E-state index contributed by atoms with van der Waals surface area (Å²) in [4.78, 5) is 36.9. The fourth-order valence-electron chi connectivity index (χ4n) is 4.26. The number of Topliss-reactive ketones (excluding diaryl/α,β-unsaturated/α-hetero) is 1. The monoisotopic (exact) mass is 416 g/mol. The summed E-state index contributed by atoms with van der Waals surface area (Å²) in [5.41, 5.74) is 1.02. The maximum atomic E-state index is 12.5. The molecule has 5 heteroatoms. The summed E-state index contributed by atoms with van der Waals surface area (Å²) in [5, 5.41) is 6.98. The van der Waals surface area contributed by atoms with Crippen molar-refractivity contribution >= 4 is 50.0 Å². The highest BCUT2D eigenvalue weighted by Crippen LogP contribution is 2.36. The molecule has 0 amide bonds. The number of ether oxygens (including phenoxy) is 2. The van der Waals surface area contributed by atoms with Crippen molar-refractivity contribution in [1.82, 2.24) is 0 Å². The van der Waals surface area contributed by atoms with Gasteiger partial charge in [-0.05, 0) is 64.6 Å². The third kappa shape index (κ3) is 3.83. The molecule has 0 saturated carbocycles. The number of ketones is 1. The average Bonchev–Trinajstić information content (AvgIpc) is 2.78. The zero-order chi connectivity index (χ0) is 22.0. The van der Waals surface area contributed by atoms with Crippen LogP contribution in [0.5, 0.6) is 0 Å². The number of rotatable bonds is 8. The molecule has 1 atom stereocenters. The molecule has 0 spiro atoms. The van der Waals surface area contributed by atoms with Crippen molar-refractivity contribution in [3.8, 4) is 0 Å². The van der Waals surface area contributed by atoms with E-state index in [-0.39, 0.29) is 19.6 Å². The van der Waals surface area contributed by atoms with E-state index in [9.17, 15) is 14.4 Å². The summed E-state index contributed by atoms with van der Waals surface area (Å²) >= 11 is 0. The lowest BCUT2D eigenvalue weighted by Crippen LogP contribution is -2.33. The molecule has 4 aromatic rings. The van der Waals surface area contributed by atoms with E-state index < -0.39 is 23.6 Å². The van der Waals surface area contributed by atoms with E-state index in [1.807, 2.05) is 12.1 Å². The topological polar surface area (TPSA) is 69.7 Å². The summed E-state index contributed by atoms with van der Waals surface area (Å²) in [6.45, 7) is 3.51. The zero-order valence-electron chi connectivity index (χ0n) is 17.6. The molecular weight excluding hydrogens is 392 g/mol. The smallest absolute Gasteiger partial charge is 0.375 e. The maximum absolute atomic E-state index is 12.5. The highest BCUT2D eigenvalue weighted by atomic mass is 16.5. The average molecular weight is 416 g/mol. The second-order valence-electron chi connectivity index (χ2n) is 7.51. The first-order valence-electron chi connectivity index (χ1n) is 10.6. The van der Waals surface area contributed by atoms with Crippen LogP contribution < -0.4 is 0 Å². The Morgan fingerprint density at radius 1 is 0.774 bits per heavy atom. The van der Waals surface area contributed by atoms with Gasteiger partial charge in [-0.25, -0.2) is 4.79 Å². The minimum Gasteiger partial charge on any atom is -0.465 e. The Labute approximate surface area is 180 Å².